The second kappa shape index (κ2) is 6.99. The first-order chi connectivity index (χ1) is 7.29. The lowest BCUT2D eigenvalue weighted by molar-refractivity contribution is 0.265. The number of halogens is 1. The number of hydrogen-bond acceptors (Lipinski definition) is 2. The van der Waals surface area contributed by atoms with Gasteiger partial charge in [-0.3, -0.25) is 0 Å². The van der Waals surface area contributed by atoms with Gasteiger partial charge >= 0.3 is 0 Å². The molecule has 0 fully saturated rings. The minimum atomic E-state index is 0.211. The highest BCUT2D eigenvalue weighted by atomic mass is 79.9. The summed E-state index contributed by atoms with van der Waals surface area (Å²) in [7, 11) is 0. The summed E-state index contributed by atoms with van der Waals surface area (Å²) < 4.78 is 1.10. The Morgan fingerprint density at radius 1 is 1.40 bits per heavy atom. The molecule has 0 saturated carbocycles. The van der Waals surface area contributed by atoms with Crippen LogP contribution >= 0.6 is 15.9 Å². The van der Waals surface area contributed by atoms with Gasteiger partial charge in [-0.2, -0.15) is 0 Å². The van der Waals surface area contributed by atoms with Crippen molar-refractivity contribution in [2.24, 2.45) is 0 Å². The first kappa shape index (κ1) is 12.7. The SMILES string of the molecule is CCCNC(CCO)c1ccccc1Br. The average molecular weight is 272 g/mol. The summed E-state index contributed by atoms with van der Waals surface area (Å²) in [4.78, 5) is 0. The van der Waals surface area contributed by atoms with Gasteiger partial charge in [-0.15, -0.1) is 0 Å². The molecule has 1 rings (SSSR count). The summed E-state index contributed by atoms with van der Waals surface area (Å²) in [6.07, 6.45) is 1.86. The minimum Gasteiger partial charge on any atom is -0.396 e. The molecule has 2 nitrogen and oxygen atoms in total. The second-order valence-electron chi connectivity index (χ2n) is 3.54. The molecular weight excluding hydrogens is 254 g/mol. The number of aliphatic hydroxyl groups is 1. The van der Waals surface area contributed by atoms with Gasteiger partial charge in [0.2, 0.25) is 0 Å². The van der Waals surface area contributed by atoms with Crippen molar-refractivity contribution >= 4 is 15.9 Å². The van der Waals surface area contributed by atoms with E-state index in [1.165, 1.54) is 5.56 Å². The summed E-state index contributed by atoms with van der Waals surface area (Å²) in [5, 5.41) is 12.5. The van der Waals surface area contributed by atoms with Gasteiger partial charge in [-0.05, 0) is 31.0 Å². The van der Waals surface area contributed by atoms with E-state index >= 15 is 0 Å². The fourth-order valence-electron chi connectivity index (χ4n) is 1.57. The van der Waals surface area contributed by atoms with Gasteiger partial charge < -0.3 is 10.4 Å². The van der Waals surface area contributed by atoms with Gasteiger partial charge in [0.1, 0.15) is 0 Å². The van der Waals surface area contributed by atoms with E-state index in [2.05, 4.69) is 34.2 Å². The molecule has 1 aromatic rings. The molecule has 15 heavy (non-hydrogen) atoms. The topological polar surface area (TPSA) is 32.3 Å². The molecule has 0 heterocycles. The Kier molecular flexibility index (Phi) is 5.91. The van der Waals surface area contributed by atoms with E-state index in [0.29, 0.717) is 0 Å². The molecule has 0 aromatic heterocycles. The van der Waals surface area contributed by atoms with Crippen LogP contribution in [0.1, 0.15) is 31.4 Å². The maximum atomic E-state index is 9.03. The van der Waals surface area contributed by atoms with Gasteiger partial charge in [-0.1, -0.05) is 41.1 Å². The van der Waals surface area contributed by atoms with Crippen molar-refractivity contribution in [1.82, 2.24) is 5.32 Å². The second-order valence-corrected chi connectivity index (χ2v) is 4.39. The highest BCUT2D eigenvalue weighted by molar-refractivity contribution is 9.10. The molecule has 0 aliphatic rings. The van der Waals surface area contributed by atoms with E-state index in [0.717, 1.165) is 23.9 Å². The van der Waals surface area contributed by atoms with Crippen LogP contribution in [0.4, 0.5) is 0 Å². The fraction of sp³-hybridized carbons (Fsp3) is 0.500. The lowest BCUT2D eigenvalue weighted by atomic mass is 10.0. The summed E-state index contributed by atoms with van der Waals surface area (Å²) in [6, 6.07) is 8.40. The molecule has 2 N–H and O–H groups in total. The quantitative estimate of drug-likeness (QED) is 0.834. The third-order valence-electron chi connectivity index (χ3n) is 2.34. The minimum absolute atomic E-state index is 0.211. The zero-order valence-corrected chi connectivity index (χ0v) is 10.6. The Labute approximate surface area is 99.8 Å². The first-order valence-corrected chi connectivity index (χ1v) is 6.17. The third-order valence-corrected chi connectivity index (χ3v) is 3.06. The van der Waals surface area contributed by atoms with Crippen LogP contribution in [0.15, 0.2) is 28.7 Å². The molecule has 1 aromatic carbocycles. The average Bonchev–Trinajstić information content (AvgIpc) is 2.25. The molecule has 84 valence electrons. The Bertz CT molecular complexity index is 291. The lowest BCUT2D eigenvalue weighted by Crippen LogP contribution is -2.23. The number of aliphatic hydroxyl groups excluding tert-OH is 1. The van der Waals surface area contributed by atoms with E-state index in [-0.39, 0.29) is 12.6 Å². The Balaban J connectivity index is 2.74. The number of rotatable bonds is 6. The normalized spacial score (nSPS) is 12.7. The first-order valence-electron chi connectivity index (χ1n) is 5.38. The van der Waals surface area contributed by atoms with Crippen molar-refractivity contribution in [2.75, 3.05) is 13.2 Å². The standard InChI is InChI=1S/C12H18BrNO/c1-2-8-14-12(7-9-15)10-5-3-4-6-11(10)13/h3-6,12,14-15H,2,7-9H2,1H3. The monoisotopic (exact) mass is 271 g/mol. The van der Waals surface area contributed by atoms with Crippen LogP contribution in [-0.2, 0) is 0 Å². The van der Waals surface area contributed by atoms with Crippen molar-refractivity contribution in [1.29, 1.82) is 0 Å². The molecule has 0 radical (unpaired) electrons. The Morgan fingerprint density at radius 2 is 2.13 bits per heavy atom. The van der Waals surface area contributed by atoms with Crippen LogP contribution in [0, 0.1) is 0 Å². The molecule has 1 unspecified atom stereocenters. The zero-order valence-electron chi connectivity index (χ0n) is 9.04. The van der Waals surface area contributed by atoms with Gasteiger partial charge in [0.05, 0.1) is 0 Å². The van der Waals surface area contributed by atoms with Gasteiger partial charge in [0.25, 0.3) is 0 Å². The highest BCUT2D eigenvalue weighted by Gasteiger charge is 2.12. The van der Waals surface area contributed by atoms with Crippen molar-refractivity contribution in [3.8, 4) is 0 Å². The largest absolute Gasteiger partial charge is 0.396 e. The molecule has 3 heteroatoms. The van der Waals surface area contributed by atoms with Crippen LogP contribution in [0.25, 0.3) is 0 Å². The van der Waals surface area contributed by atoms with Crippen molar-refractivity contribution in [3.63, 3.8) is 0 Å². The maximum Gasteiger partial charge on any atom is 0.0449 e. The summed E-state index contributed by atoms with van der Waals surface area (Å²) >= 11 is 3.54. The van der Waals surface area contributed by atoms with E-state index < -0.39 is 0 Å². The third kappa shape index (κ3) is 3.93. The fourth-order valence-corrected chi connectivity index (χ4v) is 2.13. The Hall–Kier alpha value is -0.380. The van der Waals surface area contributed by atoms with Gasteiger partial charge in [0, 0.05) is 17.1 Å². The Morgan fingerprint density at radius 3 is 2.73 bits per heavy atom. The van der Waals surface area contributed by atoms with Crippen LogP contribution in [0.3, 0.4) is 0 Å². The molecule has 0 amide bonds. The van der Waals surface area contributed by atoms with Crippen molar-refractivity contribution in [2.45, 2.75) is 25.8 Å². The van der Waals surface area contributed by atoms with Crippen LogP contribution in [0.5, 0.6) is 0 Å². The zero-order chi connectivity index (χ0) is 11.1. The predicted molar refractivity (Wildman–Crippen MR) is 66.9 cm³/mol. The van der Waals surface area contributed by atoms with Gasteiger partial charge in [-0.25, -0.2) is 0 Å². The van der Waals surface area contributed by atoms with Crippen molar-refractivity contribution in [3.05, 3.63) is 34.3 Å². The highest BCUT2D eigenvalue weighted by Crippen LogP contribution is 2.25. The van der Waals surface area contributed by atoms with Crippen LogP contribution in [-0.4, -0.2) is 18.3 Å². The molecular formula is C12H18BrNO. The van der Waals surface area contributed by atoms with Crippen molar-refractivity contribution < 1.29 is 5.11 Å². The van der Waals surface area contributed by atoms with E-state index in [4.69, 9.17) is 5.11 Å². The van der Waals surface area contributed by atoms with Crippen LogP contribution in [0.2, 0.25) is 0 Å². The summed E-state index contributed by atoms with van der Waals surface area (Å²) in [5.41, 5.74) is 1.22. The van der Waals surface area contributed by atoms with E-state index in [1.807, 2.05) is 18.2 Å². The molecule has 1 atom stereocenters. The van der Waals surface area contributed by atoms with Crippen LogP contribution < -0.4 is 5.32 Å². The molecule has 0 spiro atoms. The number of nitrogens with one attached hydrogen (secondary N) is 1. The maximum absolute atomic E-state index is 9.03. The smallest absolute Gasteiger partial charge is 0.0449 e. The molecule has 0 aliphatic carbocycles. The number of benzene rings is 1. The lowest BCUT2D eigenvalue weighted by Gasteiger charge is -2.19. The molecule has 0 saturated heterocycles. The summed E-state index contributed by atoms with van der Waals surface area (Å²) in [5.74, 6) is 0. The van der Waals surface area contributed by atoms with Gasteiger partial charge in [0.15, 0.2) is 0 Å². The summed E-state index contributed by atoms with van der Waals surface area (Å²) in [6.45, 7) is 3.33. The molecule has 0 bridgehead atoms. The molecule has 0 aliphatic heterocycles. The van der Waals surface area contributed by atoms with E-state index in [9.17, 15) is 0 Å². The van der Waals surface area contributed by atoms with E-state index in [1.54, 1.807) is 0 Å². The number of hydrogen-bond donors (Lipinski definition) is 2. The predicted octanol–water partition coefficient (Wildman–Crippen LogP) is 2.87.